The smallest absolute Gasteiger partial charge is 0.0803 e. The van der Waals surface area contributed by atoms with Gasteiger partial charge in [0.05, 0.1) is 16.8 Å². The van der Waals surface area contributed by atoms with E-state index in [1.165, 1.54) is 102 Å². The molecule has 0 saturated carbocycles. The van der Waals surface area contributed by atoms with E-state index < -0.39 is 5.41 Å². The topological polar surface area (TPSA) is 3.24 Å². The fourth-order valence-electron chi connectivity index (χ4n) is 9.30. The van der Waals surface area contributed by atoms with Gasteiger partial charge in [-0.2, -0.15) is 0 Å². The maximum absolute atomic E-state index is 2.64. The fraction of sp³-hybridized carbons (Fsp3) is 0.0204. The van der Waals surface area contributed by atoms with Gasteiger partial charge in [0.25, 0.3) is 0 Å². The highest BCUT2D eigenvalue weighted by Gasteiger charge is 2.50. The molecule has 3 heteroatoms. The van der Waals surface area contributed by atoms with Crippen molar-refractivity contribution < 1.29 is 0 Å². The molecule has 12 rings (SSSR count). The largest absolute Gasteiger partial charge is 0.311 e. The number of nitrogens with zero attached hydrogens (tertiary/aromatic N) is 1. The molecule has 0 aliphatic heterocycles. The minimum absolute atomic E-state index is 0.561. The summed E-state index contributed by atoms with van der Waals surface area (Å²) in [6.07, 6.45) is 16.9. The highest BCUT2D eigenvalue weighted by atomic mass is 32.1. The van der Waals surface area contributed by atoms with Crippen molar-refractivity contribution in [2.24, 2.45) is 5.41 Å². The van der Waals surface area contributed by atoms with Gasteiger partial charge >= 0.3 is 0 Å². The molecule has 1 nitrogen and oxygen atoms in total. The van der Waals surface area contributed by atoms with Gasteiger partial charge in [0.2, 0.25) is 0 Å². The quantitative estimate of drug-likeness (QED) is 0.178. The second kappa shape index (κ2) is 10.5. The Morgan fingerprint density at radius 3 is 1.54 bits per heavy atom. The van der Waals surface area contributed by atoms with Crippen molar-refractivity contribution in [3.8, 4) is 0 Å². The van der Waals surface area contributed by atoms with Gasteiger partial charge in [-0.3, -0.25) is 0 Å². The molecule has 1 unspecified atom stereocenters. The summed E-state index contributed by atoms with van der Waals surface area (Å²) in [6.45, 7) is 0. The normalized spacial score (nSPS) is 18.2. The Labute approximate surface area is 309 Å². The van der Waals surface area contributed by atoms with Crippen LogP contribution in [0.25, 0.3) is 63.6 Å². The summed E-state index contributed by atoms with van der Waals surface area (Å²) in [7, 11) is 0. The minimum Gasteiger partial charge on any atom is -0.311 e. The second-order valence-corrected chi connectivity index (χ2v) is 16.2. The van der Waals surface area contributed by atoms with Crippen LogP contribution in [0.5, 0.6) is 0 Å². The first-order chi connectivity index (χ1) is 25.8. The molecule has 6 aromatic carbocycles. The third kappa shape index (κ3) is 3.71. The van der Waals surface area contributed by atoms with Crippen molar-refractivity contribution in [2.75, 3.05) is 4.90 Å². The predicted molar refractivity (Wildman–Crippen MR) is 225 cm³/mol. The van der Waals surface area contributed by atoms with Crippen molar-refractivity contribution in [1.29, 1.82) is 0 Å². The molecule has 0 amide bonds. The van der Waals surface area contributed by atoms with Crippen LogP contribution in [0.15, 0.2) is 181 Å². The number of thiophene rings is 2. The maximum atomic E-state index is 2.64. The highest BCUT2D eigenvalue weighted by molar-refractivity contribution is 7.26. The van der Waals surface area contributed by atoms with Crippen LogP contribution in [-0.4, -0.2) is 0 Å². The molecule has 52 heavy (non-hydrogen) atoms. The van der Waals surface area contributed by atoms with Gasteiger partial charge in [-0.15, -0.1) is 22.7 Å². The van der Waals surface area contributed by atoms with Crippen LogP contribution < -0.4 is 4.90 Å². The number of allylic oxidation sites excluding steroid dienone is 7. The van der Waals surface area contributed by atoms with Crippen LogP contribution in [0.1, 0.15) is 22.3 Å². The number of benzene rings is 6. The molecule has 1 atom stereocenters. The zero-order valence-electron chi connectivity index (χ0n) is 28.0. The highest BCUT2D eigenvalue weighted by Crippen LogP contribution is 2.64. The SMILES string of the molecule is C1=CC2(C3=Cc4ccccc4C3=C1)C1=Cc3ccccc3C1=CC=C2N(c1cccc2sc3ccccc3c12)c1cccc2sc3ccccc3c12. The van der Waals surface area contributed by atoms with Crippen molar-refractivity contribution in [2.45, 2.75) is 0 Å². The van der Waals surface area contributed by atoms with E-state index in [0.29, 0.717) is 0 Å². The zero-order chi connectivity index (χ0) is 34.0. The lowest BCUT2D eigenvalue weighted by molar-refractivity contribution is 0.678. The molecular formula is C49H29NS2. The Balaban J connectivity index is 1.23. The van der Waals surface area contributed by atoms with E-state index >= 15 is 0 Å². The van der Waals surface area contributed by atoms with E-state index in [9.17, 15) is 0 Å². The maximum Gasteiger partial charge on any atom is 0.0803 e. The Morgan fingerprint density at radius 1 is 0.442 bits per heavy atom. The van der Waals surface area contributed by atoms with Crippen LogP contribution in [0, 0.1) is 5.41 Å². The van der Waals surface area contributed by atoms with Gasteiger partial charge in [0, 0.05) is 46.0 Å². The summed E-state index contributed by atoms with van der Waals surface area (Å²) in [5.41, 5.74) is 13.5. The fourth-order valence-corrected chi connectivity index (χ4v) is 11.6. The summed E-state index contributed by atoms with van der Waals surface area (Å²) >= 11 is 3.76. The molecule has 0 bridgehead atoms. The molecule has 2 heterocycles. The van der Waals surface area contributed by atoms with Crippen molar-refractivity contribution in [3.63, 3.8) is 0 Å². The van der Waals surface area contributed by atoms with Crippen LogP contribution in [0.2, 0.25) is 0 Å². The lowest BCUT2D eigenvalue weighted by Gasteiger charge is -2.46. The number of hydrogen-bond donors (Lipinski definition) is 0. The zero-order valence-corrected chi connectivity index (χ0v) is 29.6. The minimum atomic E-state index is -0.561. The van der Waals surface area contributed by atoms with Crippen molar-refractivity contribution in [3.05, 3.63) is 203 Å². The molecule has 0 N–H and O–H groups in total. The van der Waals surface area contributed by atoms with E-state index in [4.69, 9.17) is 0 Å². The molecule has 1 spiro atoms. The average Bonchev–Trinajstić information content (AvgIpc) is 3.97. The lowest BCUT2D eigenvalue weighted by atomic mass is 9.63. The van der Waals surface area contributed by atoms with E-state index in [2.05, 4.69) is 181 Å². The van der Waals surface area contributed by atoms with E-state index in [1.807, 2.05) is 22.7 Å². The van der Waals surface area contributed by atoms with Crippen LogP contribution >= 0.6 is 22.7 Å². The monoisotopic (exact) mass is 695 g/mol. The summed E-state index contributed by atoms with van der Waals surface area (Å²) in [4.78, 5) is 2.64. The molecule has 4 aliphatic rings. The molecular weight excluding hydrogens is 667 g/mol. The van der Waals surface area contributed by atoms with Crippen LogP contribution in [-0.2, 0) is 0 Å². The van der Waals surface area contributed by atoms with Crippen LogP contribution in [0.3, 0.4) is 0 Å². The van der Waals surface area contributed by atoms with Gasteiger partial charge in [-0.05, 0) is 99.2 Å². The van der Waals surface area contributed by atoms with Crippen molar-refractivity contribution in [1.82, 2.24) is 0 Å². The molecule has 2 aromatic heterocycles. The predicted octanol–water partition coefficient (Wildman–Crippen LogP) is 14.0. The Bertz CT molecular complexity index is 2940. The van der Waals surface area contributed by atoms with Gasteiger partial charge < -0.3 is 4.90 Å². The summed E-state index contributed by atoms with van der Waals surface area (Å²) in [6, 6.07) is 49.4. The van der Waals surface area contributed by atoms with E-state index in [0.717, 1.165) is 0 Å². The second-order valence-electron chi connectivity index (χ2n) is 14.0. The number of fused-ring (bicyclic) bond motifs is 14. The summed E-state index contributed by atoms with van der Waals surface area (Å²) in [5.74, 6) is 0. The average molecular weight is 696 g/mol. The molecule has 8 aromatic rings. The first-order valence-corrected chi connectivity index (χ1v) is 19.5. The van der Waals surface area contributed by atoms with E-state index in [1.54, 1.807) is 0 Å². The Hall–Kier alpha value is -6.00. The van der Waals surface area contributed by atoms with Gasteiger partial charge in [-0.25, -0.2) is 0 Å². The van der Waals surface area contributed by atoms with Crippen molar-refractivity contribution >= 4 is 97.7 Å². The van der Waals surface area contributed by atoms with E-state index in [-0.39, 0.29) is 0 Å². The lowest BCUT2D eigenvalue weighted by Crippen LogP contribution is -2.37. The van der Waals surface area contributed by atoms with Crippen LogP contribution in [0.4, 0.5) is 11.4 Å². The first-order valence-electron chi connectivity index (χ1n) is 17.8. The van der Waals surface area contributed by atoms with Gasteiger partial charge in [0.1, 0.15) is 0 Å². The van der Waals surface area contributed by atoms with Gasteiger partial charge in [-0.1, -0.05) is 121 Å². The van der Waals surface area contributed by atoms with Gasteiger partial charge in [0.15, 0.2) is 0 Å². The molecule has 0 radical (unpaired) electrons. The molecule has 242 valence electrons. The number of hydrogen-bond acceptors (Lipinski definition) is 3. The number of rotatable bonds is 3. The third-order valence-corrected chi connectivity index (χ3v) is 13.7. The third-order valence-electron chi connectivity index (χ3n) is 11.4. The summed E-state index contributed by atoms with van der Waals surface area (Å²) < 4.78 is 5.22. The number of anilines is 2. The summed E-state index contributed by atoms with van der Waals surface area (Å²) in [5, 5.41) is 5.19. The molecule has 4 aliphatic carbocycles. The Kier molecular flexibility index (Phi) is 5.80. The standard InChI is InChI=1S/C49H29NS2/c1-3-14-32-30(12-1)28-38-34(32)18-11-27-49(38)39-29-31-13-2-4-15-33(31)35(39)25-26-46(49)50(40-19-9-23-44-47(40)36-16-5-7-21-42(36)51-44)41-20-10-24-45-48(41)37-17-6-8-22-43(37)52-45/h1-29H. The molecule has 0 fully saturated rings. The Morgan fingerprint density at radius 2 is 0.942 bits per heavy atom. The molecule has 0 saturated heterocycles. The first kappa shape index (κ1) is 28.7.